The number of fused-ring (bicyclic) bond motifs is 1. The summed E-state index contributed by atoms with van der Waals surface area (Å²) in [5, 5.41) is 11.9. The smallest absolute Gasteiger partial charge is 0.0706 e. The van der Waals surface area contributed by atoms with Crippen LogP contribution in [0.1, 0.15) is 11.3 Å². The summed E-state index contributed by atoms with van der Waals surface area (Å²) in [6.45, 7) is 1.61. The van der Waals surface area contributed by atoms with Gasteiger partial charge >= 0.3 is 0 Å². The van der Waals surface area contributed by atoms with Crippen LogP contribution in [-0.4, -0.2) is 19.4 Å². The number of nitrogens with zero attached hydrogens (tertiary/aromatic N) is 4. The molecule has 92 valence electrons. The molecule has 0 radical (unpaired) electrons. The highest BCUT2D eigenvalue weighted by atomic mass is 15.3. The molecular weight excluding hydrogens is 226 g/mol. The molecule has 0 fully saturated rings. The maximum atomic E-state index is 4.31. The Morgan fingerprint density at radius 2 is 2.11 bits per heavy atom. The predicted molar refractivity (Wildman–Crippen MR) is 68.9 cm³/mol. The number of hydrogen-bond donors (Lipinski definition) is 1. The Hall–Kier alpha value is -2.14. The molecule has 0 unspecified atom stereocenters. The van der Waals surface area contributed by atoms with Crippen molar-refractivity contribution in [2.24, 2.45) is 7.05 Å². The minimum Gasteiger partial charge on any atom is -0.307 e. The van der Waals surface area contributed by atoms with Crippen LogP contribution >= 0.6 is 0 Å². The standard InChI is InChI=1S/C13H15N5/c1-17-12(5-6-15-17)10-14-8-11-9-16-18-7-3-2-4-13(11)18/h2-7,9,14H,8,10H2,1H3. The van der Waals surface area contributed by atoms with E-state index in [9.17, 15) is 0 Å². The van der Waals surface area contributed by atoms with Crippen LogP contribution in [0.3, 0.4) is 0 Å². The van der Waals surface area contributed by atoms with Crippen LogP contribution in [-0.2, 0) is 20.1 Å². The van der Waals surface area contributed by atoms with Crippen molar-refractivity contribution in [2.45, 2.75) is 13.1 Å². The summed E-state index contributed by atoms with van der Waals surface area (Å²) in [7, 11) is 1.95. The van der Waals surface area contributed by atoms with Gasteiger partial charge in [-0.25, -0.2) is 4.52 Å². The quantitative estimate of drug-likeness (QED) is 0.750. The number of rotatable bonds is 4. The molecule has 5 nitrogen and oxygen atoms in total. The molecular formula is C13H15N5. The van der Waals surface area contributed by atoms with Crippen LogP contribution in [0.4, 0.5) is 0 Å². The average Bonchev–Trinajstić information content (AvgIpc) is 2.97. The highest BCUT2D eigenvalue weighted by Gasteiger charge is 2.03. The van der Waals surface area contributed by atoms with Gasteiger partial charge in [-0.1, -0.05) is 6.07 Å². The summed E-state index contributed by atoms with van der Waals surface area (Å²) in [4.78, 5) is 0. The monoisotopic (exact) mass is 241 g/mol. The van der Waals surface area contributed by atoms with E-state index in [1.807, 2.05) is 53.0 Å². The number of pyridine rings is 1. The zero-order valence-electron chi connectivity index (χ0n) is 10.2. The highest BCUT2D eigenvalue weighted by molar-refractivity contribution is 5.53. The maximum Gasteiger partial charge on any atom is 0.0706 e. The van der Waals surface area contributed by atoms with Gasteiger partial charge in [0.2, 0.25) is 0 Å². The van der Waals surface area contributed by atoms with Crippen molar-refractivity contribution in [3.8, 4) is 0 Å². The topological polar surface area (TPSA) is 47.2 Å². The molecule has 0 aromatic carbocycles. The van der Waals surface area contributed by atoms with Crippen LogP contribution in [0.15, 0.2) is 42.9 Å². The van der Waals surface area contributed by atoms with E-state index >= 15 is 0 Å². The van der Waals surface area contributed by atoms with Crippen molar-refractivity contribution in [2.75, 3.05) is 0 Å². The molecule has 0 spiro atoms. The Morgan fingerprint density at radius 1 is 1.17 bits per heavy atom. The van der Waals surface area contributed by atoms with Crippen molar-refractivity contribution in [1.82, 2.24) is 24.7 Å². The summed E-state index contributed by atoms with van der Waals surface area (Å²) in [6.07, 6.45) is 5.68. The lowest BCUT2D eigenvalue weighted by atomic mass is 10.2. The second-order valence-electron chi connectivity index (χ2n) is 4.25. The van der Waals surface area contributed by atoms with Crippen molar-refractivity contribution in [1.29, 1.82) is 0 Å². The summed E-state index contributed by atoms with van der Waals surface area (Å²) in [5.74, 6) is 0. The number of nitrogens with one attached hydrogen (secondary N) is 1. The minimum atomic E-state index is 0.804. The fraction of sp³-hybridized carbons (Fsp3) is 0.231. The molecule has 0 amide bonds. The van der Waals surface area contributed by atoms with Crippen LogP contribution < -0.4 is 5.32 Å². The third-order valence-corrected chi connectivity index (χ3v) is 3.05. The first kappa shape index (κ1) is 11.0. The molecule has 3 aromatic rings. The number of hydrogen-bond acceptors (Lipinski definition) is 3. The molecule has 5 heteroatoms. The first-order valence-electron chi connectivity index (χ1n) is 5.93. The van der Waals surface area contributed by atoms with Gasteiger partial charge in [0.15, 0.2) is 0 Å². The summed E-state index contributed by atoms with van der Waals surface area (Å²) in [6, 6.07) is 8.10. The van der Waals surface area contributed by atoms with Gasteiger partial charge in [0.05, 0.1) is 17.4 Å². The Bertz CT molecular complexity index is 652. The van der Waals surface area contributed by atoms with Crippen LogP contribution in [0.25, 0.3) is 5.52 Å². The van der Waals surface area contributed by atoms with E-state index in [-0.39, 0.29) is 0 Å². The lowest BCUT2D eigenvalue weighted by molar-refractivity contribution is 0.627. The third-order valence-electron chi connectivity index (χ3n) is 3.05. The maximum absolute atomic E-state index is 4.31. The molecule has 1 N–H and O–H groups in total. The molecule has 3 heterocycles. The van der Waals surface area contributed by atoms with Gasteiger partial charge in [-0.3, -0.25) is 4.68 Å². The Morgan fingerprint density at radius 3 is 2.94 bits per heavy atom. The zero-order chi connectivity index (χ0) is 12.4. The number of aromatic nitrogens is 4. The molecule has 3 rings (SSSR count). The molecule has 0 bridgehead atoms. The first-order valence-corrected chi connectivity index (χ1v) is 5.93. The van der Waals surface area contributed by atoms with E-state index in [0.29, 0.717) is 0 Å². The van der Waals surface area contributed by atoms with Crippen LogP contribution in [0.5, 0.6) is 0 Å². The minimum absolute atomic E-state index is 0.804. The van der Waals surface area contributed by atoms with Gasteiger partial charge in [0.25, 0.3) is 0 Å². The van der Waals surface area contributed by atoms with Gasteiger partial charge in [-0.15, -0.1) is 0 Å². The van der Waals surface area contributed by atoms with E-state index in [1.165, 1.54) is 11.3 Å². The largest absolute Gasteiger partial charge is 0.307 e. The van der Waals surface area contributed by atoms with E-state index in [2.05, 4.69) is 21.6 Å². The Kier molecular flexibility index (Phi) is 2.82. The van der Waals surface area contributed by atoms with Crippen LogP contribution in [0.2, 0.25) is 0 Å². The summed E-state index contributed by atoms with van der Waals surface area (Å²) >= 11 is 0. The second kappa shape index (κ2) is 4.62. The van der Waals surface area contributed by atoms with Gasteiger partial charge in [-0.2, -0.15) is 10.2 Å². The van der Waals surface area contributed by atoms with E-state index in [0.717, 1.165) is 18.6 Å². The van der Waals surface area contributed by atoms with Gasteiger partial charge < -0.3 is 5.32 Å². The fourth-order valence-electron chi connectivity index (χ4n) is 2.02. The van der Waals surface area contributed by atoms with Gasteiger partial charge in [-0.05, 0) is 18.2 Å². The molecule has 0 saturated carbocycles. The Labute approximate surface area is 105 Å². The SMILES string of the molecule is Cn1nccc1CNCc1cnn2ccccc12. The molecule has 0 saturated heterocycles. The summed E-state index contributed by atoms with van der Waals surface area (Å²) < 4.78 is 3.77. The zero-order valence-corrected chi connectivity index (χ0v) is 10.2. The molecule has 0 aliphatic rings. The van der Waals surface area contributed by atoms with E-state index < -0.39 is 0 Å². The summed E-state index contributed by atoms with van der Waals surface area (Å²) in [5.41, 5.74) is 3.53. The number of aryl methyl sites for hydroxylation is 1. The third kappa shape index (κ3) is 2.00. The molecule has 3 aromatic heterocycles. The molecule has 0 aliphatic heterocycles. The molecule has 18 heavy (non-hydrogen) atoms. The fourth-order valence-corrected chi connectivity index (χ4v) is 2.02. The lowest BCUT2D eigenvalue weighted by Gasteiger charge is -2.04. The van der Waals surface area contributed by atoms with Crippen molar-refractivity contribution in [3.63, 3.8) is 0 Å². The van der Waals surface area contributed by atoms with Crippen molar-refractivity contribution < 1.29 is 0 Å². The van der Waals surface area contributed by atoms with E-state index in [1.54, 1.807) is 0 Å². The average molecular weight is 241 g/mol. The Balaban J connectivity index is 1.68. The van der Waals surface area contributed by atoms with Crippen molar-refractivity contribution in [3.05, 3.63) is 54.1 Å². The second-order valence-corrected chi connectivity index (χ2v) is 4.25. The predicted octanol–water partition coefficient (Wildman–Crippen LogP) is 1.36. The van der Waals surface area contributed by atoms with Crippen molar-refractivity contribution >= 4 is 5.52 Å². The molecule has 0 atom stereocenters. The van der Waals surface area contributed by atoms with E-state index in [4.69, 9.17) is 0 Å². The molecule has 0 aliphatic carbocycles. The normalized spacial score (nSPS) is 11.2. The van der Waals surface area contributed by atoms with Crippen LogP contribution in [0, 0.1) is 0 Å². The first-order chi connectivity index (χ1) is 8.84. The van der Waals surface area contributed by atoms with Gasteiger partial charge in [0, 0.05) is 38.1 Å². The lowest BCUT2D eigenvalue weighted by Crippen LogP contribution is -2.15. The van der Waals surface area contributed by atoms with Gasteiger partial charge in [0.1, 0.15) is 0 Å². The highest BCUT2D eigenvalue weighted by Crippen LogP contribution is 2.09.